The van der Waals surface area contributed by atoms with E-state index in [-0.39, 0.29) is 11.5 Å². The molecular weight excluding hydrogens is 474 g/mol. The second kappa shape index (κ2) is 10.1. The predicted octanol–water partition coefficient (Wildman–Crippen LogP) is 3.33. The number of hydrogen-bond acceptors (Lipinski definition) is 4. The number of nitrogens with zero attached hydrogens (tertiary/aromatic N) is 2. The number of nitrogens with one attached hydrogen (secondary N) is 2. The molecule has 0 fully saturated rings. The first kappa shape index (κ1) is 23.0. The van der Waals surface area contributed by atoms with Crippen LogP contribution >= 0.6 is 15.9 Å². The Morgan fingerprint density at radius 3 is 2.25 bits per heavy atom. The highest BCUT2D eigenvalue weighted by Gasteiger charge is 2.17. The zero-order valence-corrected chi connectivity index (χ0v) is 19.4. The van der Waals surface area contributed by atoms with Crippen LogP contribution < -0.4 is 21.1 Å². The van der Waals surface area contributed by atoms with Gasteiger partial charge >= 0.3 is 0 Å². The van der Waals surface area contributed by atoms with Crippen molar-refractivity contribution in [3.05, 3.63) is 82.0 Å². The number of hydrogen-bond donors (Lipinski definition) is 3. The first-order valence-corrected chi connectivity index (χ1v) is 10.4. The molecule has 4 N–H and O–H groups in total. The Labute approximate surface area is 194 Å². The third-order valence-corrected chi connectivity index (χ3v) is 5.08. The summed E-state index contributed by atoms with van der Waals surface area (Å²) in [5.41, 5.74) is 7.83. The highest BCUT2D eigenvalue weighted by atomic mass is 79.9. The largest absolute Gasteiger partial charge is 0.497 e. The molecular formula is C23H23BrN5O3+. The van der Waals surface area contributed by atoms with Crippen LogP contribution in [0.4, 0.5) is 11.5 Å². The van der Waals surface area contributed by atoms with Gasteiger partial charge < -0.3 is 15.4 Å². The van der Waals surface area contributed by atoms with Gasteiger partial charge in [0.15, 0.2) is 0 Å². The number of rotatable bonds is 6. The molecule has 0 aliphatic rings. The number of ether oxygens (including phenoxy) is 1. The number of amidine groups is 1. The molecule has 1 heterocycles. The number of pyridine rings is 1. The third kappa shape index (κ3) is 5.50. The highest BCUT2D eigenvalue weighted by molar-refractivity contribution is 9.10. The standard InChI is InChI=1S/C23H22BrN5O3/c1-29(2)21(25)14-4-6-15(7-5-14)22(30)27-19-10-9-17(32-3)12-18(19)23(31)28-20-11-8-16(24)13-26-20/h4-13,25H,1-3H3,(H2,26,27,28,30,31)/p+1. The molecule has 0 saturated heterocycles. The van der Waals surface area contributed by atoms with Gasteiger partial charge in [-0.25, -0.2) is 4.98 Å². The van der Waals surface area contributed by atoms with Crippen LogP contribution in [-0.2, 0) is 0 Å². The molecule has 1 aromatic heterocycles. The number of anilines is 2. The molecule has 0 spiro atoms. The Morgan fingerprint density at radius 2 is 1.66 bits per heavy atom. The fourth-order valence-electron chi connectivity index (χ4n) is 2.83. The topological polar surface area (TPSA) is 109 Å². The Morgan fingerprint density at radius 1 is 0.969 bits per heavy atom. The number of halogens is 1. The molecule has 0 radical (unpaired) electrons. The average Bonchev–Trinajstić information content (AvgIpc) is 2.80. The zero-order valence-electron chi connectivity index (χ0n) is 17.8. The van der Waals surface area contributed by atoms with Crippen LogP contribution in [0.1, 0.15) is 26.3 Å². The van der Waals surface area contributed by atoms with Crippen molar-refractivity contribution in [1.29, 1.82) is 0 Å². The van der Waals surface area contributed by atoms with Crippen LogP contribution in [0.15, 0.2) is 65.3 Å². The van der Waals surface area contributed by atoms with Crippen LogP contribution in [0, 0.1) is 0 Å². The van der Waals surface area contributed by atoms with Gasteiger partial charge in [-0.2, -0.15) is 0 Å². The lowest BCUT2D eigenvalue weighted by Crippen LogP contribution is -2.24. The van der Waals surface area contributed by atoms with Gasteiger partial charge in [0, 0.05) is 16.2 Å². The minimum Gasteiger partial charge on any atom is -0.497 e. The van der Waals surface area contributed by atoms with E-state index in [0.29, 0.717) is 28.7 Å². The molecule has 8 nitrogen and oxygen atoms in total. The molecule has 0 unspecified atom stereocenters. The second-order valence-corrected chi connectivity index (χ2v) is 7.95. The lowest BCUT2D eigenvalue weighted by atomic mass is 10.1. The number of methoxy groups -OCH3 is 1. The summed E-state index contributed by atoms with van der Waals surface area (Å²) < 4.78 is 7.82. The first-order chi connectivity index (χ1) is 15.3. The summed E-state index contributed by atoms with van der Waals surface area (Å²) in [6.45, 7) is 0. The van der Waals surface area contributed by atoms with Crippen LogP contribution in [0.25, 0.3) is 0 Å². The van der Waals surface area contributed by atoms with E-state index in [9.17, 15) is 9.59 Å². The van der Waals surface area contributed by atoms with Crippen molar-refractivity contribution in [2.24, 2.45) is 5.73 Å². The maximum Gasteiger partial charge on any atom is 0.274 e. The number of amides is 2. The first-order valence-electron chi connectivity index (χ1n) is 9.61. The van der Waals surface area contributed by atoms with Gasteiger partial charge in [-0.1, -0.05) is 0 Å². The van der Waals surface area contributed by atoms with E-state index in [0.717, 1.165) is 10.0 Å². The second-order valence-electron chi connectivity index (χ2n) is 7.04. The molecule has 0 aliphatic carbocycles. The van der Waals surface area contributed by atoms with Gasteiger partial charge in [-0.3, -0.25) is 19.9 Å². The predicted molar refractivity (Wildman–Crippen MR) is 128 cm³/mol. The van der Waals surface area contributed by atoms with Crippen LogP contribution in [-0.4, -0.2) is 48.4 Å². The smallest absolute Gasteiger partial charge is 0.274 e. The van der Waals surface area contributed by atoms with Gasteiger partial charge in [-0.05, 0) is 70.5 Å². The molecule has 164 valence electrons. The highest BCUT2D eigenvalue weighted by Crippen LogP contribution is 2.24. The van der Waals surface area contributed by atoms with E-state index in [4.69, 9.17) is 10.5 Å². The Bertz CT molecular complexity index is 1170. The van der Waals surface area contributed by atoms with Gasteiger partial charge in [0.2, 0.25) is 0 Å². The van der Waals surface area contributed by atoms with E-state index in [2.05, 4.69) is 31.5 Å². The van der Waals surface area contributed by atoms with E-state index in [1.54, 1.807) is 65.4 Å². The number of benzene rings is 2. The molecule has 0 bridgehead atoms. The Hall–Kier alpha value is -3.72. The monoisotopic (exact) mass is 496 g/mol. The van der Waals surface area contributed by atoms with Gasteiger partial charge in [-0.15, -0.1) is 0 Å². The van der Waals surface area contributed by atoms with Gasteiger partial charge in [0.25, 0.3) is 17.6 Å². The molecule has 0 atom stereocenters. The molecule has 3 rings (SSSR count). The third-order valence-electron chi connectivity index (χ3n) is 4.61. The van der Waals surface area contributed by atoms with Gasteiger partial charge in [0.05, 0.1) is 38.0 Å². The molecule has 9 heteroatoms. The molecule has 32 heavy (non-hydrogen) atoms. The lowest BCUT2D eigenvalue weighted by molar-refractivity contribution is -0.464. The zero-order chi connectivity index (χ0) is 23.3. The average molecular weight is 497 g/mol. The minimum absolute atomic E-state index is 0.240. The molecule has 2 aromatic carbocycles. The molecule has 0 saturated carbocycles. The van der Waals surface area contributed by atoms with Crippen molar-refractivity contribution in [3.63, 3.8) is 0 Å². The van der Waals surface area contributed by atoms with E-state index >= 15 is 0 Å². The summed E-state index contributed by atoms with van der Waals surface area (Å²) >= 11 is 3.31. The van der Waals surface area contributed by atoms with E-state index in [1.807, 2.05) is 14.1 Å². The molecule has 0 aliphatic heterocycles. The van der Waals surface area contributed by atoms with Crippen molar-refractivity contribution in [2.75, 3.05) is 31.8 Å². The van der Waals surface area contributed by atoms with E-state index in [1.165, 1.54) is 7.11 Å². The quantitative estimate of drug-likeness (QED) is 0.275. The van der Waals surface area contributed by atoms with Gasteiger partial charge in [0.1, 0.15) is 11.6 Å². The number of carbonyl (C=O) groups excluding carboxylic acids is 2. The van der Waals surface area contributed by atoms with Crippen molar-refractivity contribution in [2.45, 2.75) is 0 Å². The van der Waals surface area contributed by atoms with Crippen molar-refractivity contribution >= 4 is 45.1 Å². The van der Waals surface area contributed by atoms with Crippen molar-refractivity contribution < 1.29 is 18.9 Å². The van der Waals surface area contributed by atoms with Crippen LogP contribution in [0.3, 0.4) is 0 Å². The Kier molecular flexibility index (Phi) is 7.21. The summed E-state index contributed by atoms with van der Waals surface area (Å²) in [7, 11) is 5.19. The Balaban J connectivity index is 1.84. The maximum atomic E-state index is 12.9. The SMILES string of the molecule is COc1ccc(NC(=O)c2ccc(C(N)=[N+](C)C)cc2)c(C(=O)Nc2ccc(Br)cn2)c1. The number of aromatic nitrogens is 1. The number of carbonyl (C=O) groups is 2. The number of nitrogens with two attached hydrogens (primary N) is 1. The summed E-state index contributed by atoms with van der Waals surface area (Å²) in [6.07, 6.45) is 1.58. The normalized spacial score (nSPS) is 10.2. The minimum atomic E-state index is -0.433. The maximum absolute atomic E-state index is 12.9. The van der Waals surface area contributed by atoms with Crippen molar-refractivity contribution in [3.8, 4) is 5.75 Å². The van der Waals surface area contributed by atoms with Crippen LogP contribution in [0.5, 0.6) is 5.75 Å². The fourth-order valence-corrected chi connectivity index (χ4v) is 3.06. The summed E-state index contributed by atoms with van der Waals surface area (Å²) in [5, 5.41) is 5.52. The lowest BCUT2D eigenvalue weighted by Gasteiger charge is -2.13. The summed E-state index contributed by atoms with van der Waals surface area (Å²) in [5.74, 6) is 0.658. The van der Waals surface area contributed by atoms with E-state index < -0.39 is 5.91 Å². The molecule has 3 aromatic rings. The molecule has 2 amide bonds. The van der Waals surface area contributed by atoms with Crippen molar-refractivity contribution in [1.82, 2.24) is 4.98 Å². The fraction of sp³-hybridized carbons (Fsp3) is 0.130. The summed E-state index contributed by atoms with van der Waals surface area (Å²) in [4.78, 5) is 29.9. The van der Waals surface area contributed by atoms with Crippen LogP contribution in [0.2, 0.25) is 0 Å². The summed E-state index contributed by atoms with van der Waals surface area (Å²) in [6, 6.07) is 15.2.